The van der Waals surface area contributed by atoms with Crippen molar-refractivity contribution in [1.82, 2.24) is 0 Å². The van der Waals surface area contributed by atoms with E-state index in [1.165, 1.54) is 63.4 Å². The van der Waals surface area contributed by atoms with E-state index in [0.29, 0.717) is 0 Å². The first-order chi connectivity index (χ1) is 14.7. The smallest absolute Gasteiger partial charge is 0.0487 e. The van der Waals surface area contributed by atoms with Crippen LogP contribution in [0.2, 0.25) is 5.02 Å². The van der Waals surface area contributed by atoms with E-state index in [2.05, 4.69) is 54.6 Å². The zero-order valence-corrected chi connectivity index (χ0v) is 18.4. The van der Waals surface area contributed by atoms with Gasteiger partial charge in [-0.05, 0) is 84.6 Å². The van der Waals surface area contributed by atoms with Gasteiger partial charge in [0, 0.05) is 36.2 Å². The Hall–Kier alpha value is -1.83. The van der Waals surface area contributed by atoms with Crippen LogP contribution in [0, 0.1) is 23.7 Å². The third kappa shape index (κ3) is 1.79. The molecule has 0 N–H and O–H groups in total. The third-order valence-electron chi connectivity index (χ3n) is 9.12. The summed E-state index contributed by atoms with van der Waals surface area (Å²) in [7, 11) is 0. The molecule has 0 saturated heterocycles. The fourth-order valence-corrected chi connectivity index (χ4v) is 10.1. The monoisotopic (exact) mass is 426 g/mol. The highest BCUT2D eigenvalue weighted by Crippen LogP contribution is 2.71. The molecule has 0 unspecified atom stereocenters. The maximum absolute atomic E-state index is 6.93. The van der Waals surface area contributed by atoms with Gasteiger partial charge in [-0.25, -0.2) is 0 Å². The number of rotatable bonds is 0. The molecular formula is C28H23ClS. The highest BCUT2D eigenvalue weighted by atomic mass is 35.5. The summed E-state index contributed by atoms with van der Waals surface area (Å²) in [6, 6.07) is 20.5. The highest BCUT2D eigenvalue weighted by Gasteiger charge is 2.62. The van der Waals surface area contributed by atoms with E-state index in [9.17, 15) is 0 Å². The molecule has 4 bridgehead atoms. The van der Waals surface area contributed by atoms with Crippen LogP contribution in [-0.2, 0) is 5.41 Å². The van der Waals surface area contributed by atoms with Crippen molar-refractivity contribution in [3.8, 4) is 11.1 Å². The predicted octanol–water partition coefficient (Wildman–Crippen LogP) is 8.43. The second-order valence-corrected chi connectivity index (χ2v) is 11.8. The molecular weight excluding hydrogens is 404 g/mol. The van der Waals surface area contributed by atoms with E-state index in [1.54, 1.807) is 11.1 Å². The number of benzene rings is 3. The molecule has 1 aromatic heterocycles. The summed E-state index contributed by atoms with van der Waals surface area (Å²) in [5, 5.41) is 3.81. The second kappa shape index (κ2) is 5.50. The molecule has 5 aliphatic carbocycles. The molecule has 0 nitrogen and oxygen atoms in total. The summed E-state index contributed by atoms with van der Waals surface area (Å²) in [5.74, 6) is 3.49. The predicted molar refractivity (Wildman–Crippen MR) is 128 cm³/mol. The first kappa shape index (κ1) is 16.8. The van der Waals surface area contributed by atoms with Gasteiger partial charge in [0.2, 0.25) is 0 Å². The van der Waals surface area contributed by atoms with Crippen molar-refractivity contribution in [2.24, 2.45) is 23.7 Å². The largest absolute Gasteiger partial charge is 0.135 e. The van der Waals surface area contributed by atoms with Crippen LogP contribution in [0.15, 0.2) is 54.6 Å². The quantitative estimate of drug-likeness (QED) is 0.264. The number of thiophene rings is 1. The summed E-state index contributed by atoms with van der Waals surface area (Å²) in [6.07, 6.45) is 7.16. The van der Waals surface area contributed by atoms with Crippen LogP contribution in [-0.4, -0.2) is 0 Å². The van der Waals surface area contributed by atoms with Crippen molar-refractivity contribution in [1.29, 1.82) is 0 Å². The van der Waals surface area contributed by atoms with E-state index in [4.69, 9.17) is 11.6 Å². The van der Waals surface area contributed by atoms with Gasteiger partial charge in [-0.2, -0.15) is 0 Å². The Balaban J connectivity index is 1.55. The van der Waals surface area contributed by atoms with Crippen molar-refractivity contribution in [2.45, 2.75) is 37.5 Å². The molecule has 0 atom stereocenters. The lowest BCUT2D eigenvalue weighted by Crippen LogP contribution is -2.55. The summed E-state index contributed by atoms with van der Waals surface area (Å²) < 4.78 is 2.95. The molecule has 1 spiro atoms. The fourth-order valence-electron chi connectivity index (χ4n) is 8.46. The maximum atomic E-state index is 6.93. The number of halogens is 1. The third-order valence-corrected chi connectivity index (χ3v) is 10.6. The molecule has 4 aromatic rings. The van der Waals surface area contributed by atoms with Gasteiger partial charge in [0.15, 0.2) is 0 Å². The Morgan fingerprint density at radius 3 is 2.33 bits per heavy atom. The molecule has 148 valence electrons. The summed E-state index contributed by atoms with van der Waals surface area (Å²) in [4.78, 5) is 0. The van der Waals surface area contributed by atoms with Crippen LogP contribution in [0.5, 0.6) is 0 Å². The van der Waals surface area contributed by atoms with Gasteiger partial charge in [-0.3, -0.25) is 0 Å². The topological polar surface area (TPSA) is 0 Å². The standard InChI is InChI=1S/C28H23ClS/c29-23-6-3-5-22-25(23)21-9-8-20-19-4-1-2-7-24(19)30-27(20)26(21)28(22)17-11-15-10-16(13-17)14-18(28)12-15/h1-9,15-18H,10-14H2. The Bertz CT molecular complexity index is 1350. The van der Waals surface area contributed by atoms with Crippen LogP contribution < -0.4 is 0 Å². The molecule has 9 rings (SSSR count). The first-order valence-electron chi connectivity index (χ1n) is 11.5. The molecule has 4 fully saturated rings. The molecule has 30 heavy (non-hydrogen) atoms. The molecule has 1 heterocycles. The maximum Gasteiger partial charge on any atom is 0.0487 e. The average Bonchev–Trinajstić information content (AvgIpc) is 3.26. The van der Waals surface area contributed by atoms with Gasteiger partial charge in [0.25, 0.3) is 0 Å². The van der Waals surface area contributed by atoms with E-state index < -0.39 is 0 Å². The van der Waals surface area contributed by atoms with Crippen molar-refractivity contribution in [3.63, 3.8) is 0 Å². The Labute approximate surface area is 185 Å². The molecule has 0 radical (unpaired) electrons. The van der Waals surface area contributed by atoms with Crippen molar-refractivity contribution >= 4 is 43.1 Å². The molecule has 4 saturated carbocycles. The summed E-state index contributed by atoms with van der Waals surface area (Å²) in [5.41, 5.74) is 6.17. The van der Waals surface area contributed by atoms with Gasteiger partial charge < -0.3 is 0 Å². The lowest BCUT2D eigenvalue weighted by Gasteiger charge is -2.61. The lowest BCUT2D eigenvalue weighted by molar-refractivity contribution is -0.0393. The normalized spacial score (nSPS) is 33.0. The molecule has 5 aliphatic rings. The van der Waals surface area contributed by atoms with Crippen LogP contribution in [0.4, 0.5) is 0 Å². The van der Waals surface area contributed by atoms with Gasteiger partial charge >= 0.3 is 0 Å². The second-order valence-electron chi connectivity index (χ2n) is 10.3. The molecule has 0 amide bonds. The lowest BCUT2D eigenvalue weighted by atomic mass is 9.43. The van der Waals surface area contributed by atoms with Crippen molar-refractivity contribution in [3.05, 3.63) is 70.7 Å². The zero-order valence-electron chi connectivity index (χ0n) is 16.8. The van der Waals surface area contributed by atoms with Crippen LogP contribution in [0.1, 0.15) is 43.2 Å². The van der Waals surface area contributed by atoms with Crippen LogP contribution in [0.25, 0.3) is 31.3 Å². The SMILES string of the molecule is Clc1cccc2c1-c1ccc3c(sc4ccccc43)c1C21C2CC3CC(C2)CC1C3. The molecule has 3 aromatic carbocycles. The summed E-state index contributed by atoms with van der Waals surface area (Å²) >= 11 is 8.95. The van der Waals surface area contributed by atoms with E-state index in [1.807, 2.05) is 11.3 Å². The zero-order chi connectivity index (χ0) is 19.6. The van der Waals surface area contributed by atoms with Crippen molar-refractivity contribution in [2.75, 3.05) is 0 Å². The Kier molecular flexibility index (Phi) is 3.08. The van der Waals surface area contributed by atoms with Gasteiger partial charge in [0.05, 0.1) is 0 Å². The van der Waals surface area contributed by atoms with Gasteiger partial charge in [0.1, 0.15) is 0 Å². The highest BCUT2D eigenvalue weighted by molar-refractivity contribution is 7.26. The van der Waals surface area contributed by atoms with Crippen molar-refractivity contribution < 1.29 is 0 Å². The van der Waals surface area contributed by atoms with Crippen LogP contribution in [0.3, 0.4) is 0 Å². The average molecular weight is 427 g/mol. The fraction of sp³-hybridized carbons (Fsp3) is 0.357. The molecule has 2 heteroatoms. The van der Waals surface area contributed by atoms with Gasteiger partial charge in [-0.1, -0.05) is 54.1 Å². The Morgan fingerprint density at radius 1 is 0.767 bits per heavy atom. The van der Waals surface area contributed by atoms with E-state index in [0.717, 1.165) is 28.7 Å². The minimum absolute atomic E-state index is 0.184. The van der Waals surface area contributed by atoms with E-state index >= 15 is 0 Å². The Morgan fingerprint density at radius 2 is 1.53 bits per heavy atom. The molecule has 0 aliphatic heterocycles. The first-order valence-corrected chi connectivity index (χ1v) is 12.7. The number of fused-ring (bicyclic) bond motifs is 7. The number of hydrogen-bond acceptors (Lipinski definition) is 1. The summed E-state index contributed by atoms with van der Waals surface area (Å²) in [6.45, 7) is 0. The number of hydrogen-bond donors (Lipinski definition) is 0. The van der Waals surface area contributed by atoms with Gasteiger partial charge in [-0.15, -0.1) is 11.3 Å². The van der Waals surface area contributed by atoms with E-state index in [-0.39, 0.29) is 5.41 Å². The minimum Gasteiger partial charge on any atom is -0.135 e. The minimum atomic E-state index is 0.184. The van der Waals surface area contributed by atoms with Crippen LogP contribution >= 0.6 is 22.9 Å².